The van der Waals surface area contributed by atoms with Crippen LogP contribution < -0.4 is 19.7 Å². The predicted molar refractivity (Wildman–Crippen MR) is 152 cm³/mol. The van der Waals surface area contributed by atoms with Gasteiger partial charge in [-0.1, -0.05) is 31.2 Å². The van der Waals surface area contributed by atoms with Crippen LogP contribution in [0, 0.1) is 0 Å². The number of hydrogen-bond acceptors (Lipinski definition) is 5. The second-order valence-corrected chi connectivity index (χ2v) is 9.93. The fourth-order valence-corrected chi connectivity index (χ4v) is 4.82. The molecule has 1 aliphatic heterocycles. The Morgan fingerprint density at radius 2 is 1.87 bits per heavy atom. The van der Waals surface area contributed by atoms with Crippen molar-refractivity contribution in [2.45, 2.75) is 45.8 Å². The molecule has 3 aromatic carbocycles. The molecule has 0 unspecified atom stereocenters. The second kappa shape index (κ2) is 13.4. The summed E-state index contributed by atoms with van der Waals surface area (Å²) in [6, 6.07) is 20.0. The highest BCUT2D eigenvalue weighted by atomic mass is 19.3. The van der Waals surface area contributed by atoms with Crippen LogP contribution in [0.2, 0.25) is 0 Å². The molecule has 3 aromatic rings. The first-order valence-corrected chi connectivity index (χ1v) is 13.5. The van der Waals surface area contributed by atoms with E-state index in [4.69, 9.17) is 4.74 Å². The SMILES string of the molecule is CCCN(C)CCCOc1cc(C(=O)N2CC[C@H](C)Nc3ccccc32)ccc1-c1ccc(OC(F)F)cc1. The maximum absolute atomic E-state index is 13.8. The third-order valence-corrected chi connectivity index (χ3v) is 6.79. The number of benzene rings is 3. The quantitative estimate of drug-likeness (QED) is 0.269. The van der Waals surface area contributed by atoms with Gasteiger partial charge in [-0.15, -0.1) is 0 Å². The molecule has 0 bridgehead atoms. The fraction of sp³-hybridized carbons (Fsp3) is 0.387. The molecule has 0 spiro atoms. The van der Waals surface area contributed by atoms with Gasteiger partial charge in [-0.3, -0.25) is 4.79 Å². The van der Waals surface area contributed by atoms with Gasteiger partial charge in [0.2, 0.25) is 0 Å². The van der Waals surface area contributed by atoms with Crippen LogP contribution in [0.1, 0.15) is 43.5 Å². The molecule has 0 saturated carbocycles. The van der Waals surface area contributed by atoms with Gasteiger partial charge in [0.25, 0.3) is 5.91 Å². The van der Waals surface area contributed by atoms with E-state index in [2.05, 4.69) is 35.8 Å². The van der Waals surface area contributed by atoms with Crippen LogP contribution in [0.3, 0.4) is 0 Å². The number of rotatable bonds is 11. The van der Waals surface area contributed by atoms with Crippen molar-refractivity contribution in [3.05, 3.63) is 72.3 Å². The standard InChI is InChI=1S/C31H37F2N3O3/c1-4-17-35(3)18-7-20-38-29-21-24(12-15-26(29)23-10-13-25(14-11-23)39-31(32)33)30(37)36-19-16-22(2)34-27-8-5-6-9-28(27)36/h5-6,8-15,21-22,31,34H,4,7,16-20H2,1-3H3/t22-/m0/s1. The smallest absolute Gasteiger partial charge is 0.387 e. The number of alkyl halides is 2. The summed E-state index contributed by atoms with van der Waals surface area (Å²) in [6.45, 7) is 4.38. The van der Waals surface area contributed by atoms with Crippen molar-refractivity contribution in [1.82, 2.24) is 4.90 Å². The monoisotopic (exact) mass is 537 g/mol. The van der Waals surface area contributed by atoms with Crippen LogP contribution in [0.25, 0.3) is 11.1 Å². The summed E-state index contributed by atoms with van der Waals surface area (Å²) in [6.07, 6.45) is 2.74. The van der Waals surface area contributed by atoms with Gasteiger partial charge in [0.15, 0.2) is 0 Å². The van der Waals surface area contributed by atoms with Crippen molar-refractivity contribution in [3.63, 3.8) is 0 Å². The summed E-state index contributed by atoms with van der Waals surface area (Å²) in [7, 11) is 2.09. The van der Waals surface area contributed by atoms with Crippen molar-refractivity contribution in [2.75, 3.05) is 43.5 Å². The molecule has 1 amide bonds. The number of para-hydroxylation sites is 2. The highest BCUT2D eigenvalue weighted by molar-refractivity contribution is 6.08. The van der Waals surface area contributed by atoms with Crippen LogP contribution in [0.5, 0.6) is 11.5 Å². The molecule has 4 rings (SSSR count). The van der Waals surface area contributed by atoms with Crippen LogP contribution in [-0.2, 0) is 0 Å². The van der Waals surface area contributed by atoms with Gasteiger partial charge < -0.3 is 24.6 Å². The number of carbonyl (C=O) groups is 1. The van der Waals surface area contributed by atoms with Crippen LogP contribution in [0.15, 0.2) is 66.7 Å². The number of hydrogen-bond donors (Lipinski definition) is 1. The molecule has 0 saturated heterocycles. The number of fused-ring (bicyclic) bond motifs is 1. The third-order valence-electron chi connectivity index (χ3n) is 6.79. The van der Waals surface area contributed by atoms with E-state index < -0.39 is 6.61 Å². The number of ether oxygens (including phenoxy) is 2. The first kappa shape index (κ1) is 28.4. The van der Waals surface area contributed by atoms with E-state index in [1.807, 2.05) is 35.2 Å². The van der Waals surface area contributed by atoms with E-state index in [1.54, 1.807) is 24.3 Å². The summed E-state index contributed by atoms with van der Waals surface area (Å²) >= 11 is 0. The van der Waals surface area contributed by atoms with Gasteiger partial charge in [-0.2, -0.15) is 8.78 Å². The lowest BCUT2D eigenvalue weighted by molar-refractivity contribution is -0.0498. The zero-order chi connectivity index (χ0) is 27.8. The van der Waals surface area contributed by atoms with E-state index in [0.717, 1.165) is 54.9 Å². The number of halogens is 2. The summed E-state index contributed by atoms with van der Waals surface area (Å²) in [4.78, 5) is 17.9. The minimum absolute atomic E-state index is 0.0876. The lowest BCUT2D eigenvalue weighted by atomic mass is 10.0. The Balaban J connectivity index is 1.61. The average Bonchev–Trinajstić information content (AvgIpc) is 3.09. The molecule has 1 heterocycles. The van der Waals surface area contributed by atoms with Gasteiger partial charge in [-0.25, -0.2) is 0 Å². The summed E-state index contributed by atoms with van der Waals surface area (Å²) in [5, 5.41) is 3.49. The van der Waals surface area contributed by atoms with E-state index in [1.165, 1.54) is 12.1 Å². The van der Waals surface area contributed by atoms with Gasteiger partial charge in [0.1, 0.15) is 11.5 Å². The number of nitrogens with zero attached hydrogens (tertiary/aromatic N) is 2. The highest BCUT2D eigenvalue weighted by Gasteiger charge is 2.25. The molecule has 1 atom stereocenters. The average molecular weight is 538 g/mol. The first-order valence-electron chi connectivity index (χ1n) is 13.5. The zero-order valence-electron chi connectivity index (χ0n) is 22.8. The Morgan fingerprint density at radius 1 is 1.10 bits per heavy atom. The molecular formula is C31H37F2N3O3. The zero-order valence-corrected chi connectivity index (χ0v) is 22.8. The fourth-order valence-electron chi connectivity index (χ4n) is 4.82. The topological polar surface area (TPSA) is 54.0 Å². The Labute approximate surface area is 229 Å². The molecular weight excluding hydrogens is 500 g/mol. The molecule has 0 radical (unpaired) electrons. The van der Waals surface area contributed by atoms with Crippen molar-refractivity contribution >= 4 is 17.3 Å². The highest BCUT2D eigenvalue weighted by Crippen LogP contribution is 2.35. The first-order chi connectivity index (χ1) is 18.9. The van der Waals surface area contributed by atoms with E-state index in [0.29, 0.717) is 24.5 Å². The minimum Gasteiger partial charge on any atom is -0.493 e. The van der Waals surface area contributed by atoms with Gasteiger partial charge in [-0.05, 0) is 87.8 Å². The van der Waals surface area contributed by atoms with Crippen molar-refractivity contribution < 1.29 is 23.0 Å². The Bertz CT molecular complexity index is 1240. The maximum Gasteiger partial charge on any atom is 0.387 e. The van der Waals surface area contributed by atoms with Crippen molar-refractivity contribution in [2.24, 2.45) is 0 Å². The molecule has 0 aliphatic carbocycles. The summed E-state index contributed by atoms with van der Waals surface area (Å²) in [5.74, 6) is 0.568. The summed E-state index contributed by atoms with van der Waals surface area (Å²) < 4.78 is 36.0. The number of carbonyl (C=O) groups excluding carboxylic acids is 1. The molecule has 0 aromatic heterocycles. The van der Waals surface area contributed by atoms with Crippen LogP contribution in [0.4, 0.5) is 20.2 Å². The lowest BCUT2D eigenvalue weighted by Crippen LogP contribution is -2.32. The third kappa shape index (κ3) is 7.47. The molecule has 39 heavy (non-hydrogen) atoms. The Kier molecular flexibility index (Phi) is 9.76. The largest absolute Gasteiger partial charge is 0.493 e. The molecule has 0 fully saturated rings. The number of nitrogens with one attached hydrogen (secondary N) is 1. The van der Waals surface area contributed by atoms with Crippen LogP contribution in [-0.4, -0.2) is 56.7 Å². The number of amides is 1. The summed E-state index contributed by atoms with van der Waals surface area (Å²) in [5.41, 5.74) is 3.88. The van der Waals surface area contributed by atoms with Gasteiger partial charge >= 0.3 is 6.61 Å². The van der Waals surface area contributed by atoms with E-state index in [9.17, 15) is 13.6 Å². The molecule has 6 nitrogen and oxygen atoms in total. The lowest BCUT2D eigenvalue weighted by Gasteiger charge is -2.23. The number of anilines is 2. The van der Waals surface area contributed by atoms with Gasteiger partial charge in [0.05, 0.1) is 18.0 Å². The maximum atomic E-state index is 13.8. The molecule has 208 valence electrons. The molecule has 1 N–H and O–H groups in total. The van der Waals surface area contributed by atoms with Crippen molar-refractivity contribution in [3.8, 4) is 22.6 Å². The molecule has 8 heteroatoms. The van der Waals surface area contributed by atoms with Gasteiger partial charge in [0, 0.05) is 30.3 Å². The van der Waals surface area contributed by atoms with E-state index >= 15 is 0 Å². The van der Waals surface area contributed by atoms with E-state index in [-0.39, 0.29) is 17.7 Å². The van der Waals surface area contributed by atoms with Crippen LogP contribution >= 0.6 is 0 Å². The molecule has 1 aliphatic rings. The Hall–Kier alpha value is -3.65. The Morgan fingerprint density at radius 3 is 2.62 bits per heavy atom. The minimum atomic E-state index is -2.88. The predicted octanol–water partition coefficient (Wildman–Crippen LogP) is 6.92. The normalized spacial score (nSPS) is 15.1. The second-order valence-electron chi connectivity index (χ2n) is 9.93. The van der Waals surface area contributed by atoms with Crippen molar-refractivity contribution in [1.29, 1.82) is 0 Å².